The van der Waals surface area contributed by atoms with E-state index in [1.54, 1.807) is 31.2 Å². The lowest BCUT2D eigenvalue weighted by Gasteiger charge is -2.10. The zero-order valence-electron chi connectivity index (χ0n) is 7.36. The predicted octanol–water partition coefficient (Wildman–Crippen LogP) is 3.77. The number of rotatable bonds is 1. The van der Waals surface area contributed by atoms with Gasteiger partial charge in [-0.1, -0.05) is 35.5 Å². The lowest BCUT2D eigenvalue weighted by molar-refractivity contribution is -0.127. The lowest BCUT2D eigenvalue weighted by Crippen LogP contribution is -2.09. The summed E-state index contributed by atoms with van der Waals surface area (Å²) in [5.41, 5.74) is 1.18. The van der Waals surface area contributed by atoms with Crippen molar-refractivity contribution < 1.29 is 13.2 Å². The average molecular weight is 188 g/mol. The van der Waals surface area contributed by atoms with Gasteiger partial charge in [-0.05, 0) is 13.3 Å². The van der Waals surface area contributed by atoms with Crippen molar-refractivity contribution in [3.8, 4) is 0 Å². The quantitative estimate of drug-likeness (QED) is 0.587. The molecule has 0 unspecified atom stereocenters. The number of halogens is 3. The van der Waals surface area contributed by atoms with Gasteiger partial charge < -0.3 is 0 Å². The highest BCUT2D eigenvalue weighted by molar-refractivity contribution is 5.31. The summed E-state index contributed by atoms with van der Waals surface area (Å²) < 4.78 is 36.2. The van der Waals surface area contributed by atoms with Gasteiger partial charge in [0.05, 0.1) is 6.42 Å². The Labute approximate surface area is 75.4 Å². The van der Waals surface area contributed by atoms with E-state index in [0.29, 0.717) is 12.0 Å². The summed E-state index contributed by atoms with van der Waals surface area (Å²) >= 11 is 0. The Balaban J connectivity index is 2.78. The van der Waals surface area contributed by atoms with Crippen molar-refractivity contribution in [1.82, 2.24) is 0 Å². The Bertz CT molecular complexity index is 266. The van der Waals surface area contributed by atoms with Crippen molar-refractivity contribution in [2.75, 3.05) is 0 Å². The maximum atomic E-state index is 12.1. The second kappa shape index (κ2) is 3.81. The molecule has 1 aliphatic rings. The summed E-state index contributed by atoms with van der Waals surface area (Å²) in [7, 11) is 0. The molecule has 3 heteroatoms. The summed E-state index contributed by atoms with van der Waals surface area (Å²) in [4.78, 5) is 0. The minimum Gasteiger partial charge on any atom is -0.171 e. The standard InChI is InChI=1S/C10H11F3/c1-8-5-3-2-4-6-9(8)7-10(11,12)13/h2-5H,6-7H2,1H3. The molecule has 0 fully saturated rings. The van der Waals surface area contributed by atoms with Crippen molar-refractivity contribution >= 4 is 0 Å². The summed E-state index contributed by atoms with van der Waals surface area (Å²) in [6.45, 7) is 1.71. The molecule has 1 aliphatic carbocycles. The summed E-state index contributed by atoms with van der Waals surface area (Å²) in [5.74, 6) is 0. The van der Waals surface area contributed by atoms with Crippen LogP contribution in [0.15, 0.2) is 35.5 Å². The molecule has 0 N–H and O–H groups in total. The average Bonchev–Trinajstić information content (AvgIpc) is 2.14. The van der Waals surface area contributed by atoms with Gasteiger partial charge in [-0.3, -0.25) is 0 Å². The molecule has 72 valence electrons. The molecule has 0 radical (unpaired) electrons. The molecule has 0 saturated heterocycles. The van der Waals surface area contributed by atoms with E-state index in [9.17, 15) is 13.2 Å². The van der Waals surface area contributed by atoms with Gasteiger partial charge in [0, 0.05) is 0 Å². The molecule has 0 amide bonds. The molecule has 0 aromatic heterocycles. The smallest absolute Gasteiger partial charge is 0.171 e. The van der Waals surface area contributed by atoms with Crippen molar-refractivity contribution in [2.24, 2.45) is 0 Å². The van der Waals surface area contributed by atoms with Crippen molar-refractivity contribution in [3.63, 3.8) is 0 Å². The zero-order chi connectivity index (χ0) is 9.90. The molecule has 0 aromatic rings. The maximum absolute atomic E-state index is 12.1. The third kappa shape index (κ3) is 3.49. The van der Waals surface area contributed by atoms with Crippen molar-refractivity contribution in [3.05, 3.63) is 35.5 Å². The van der Waals surface area contributed by atoms with Gasteiger partial charge in [0.1, 0.15) is 0 Å². The molecule has 0 aliphatic heterocycles. The fraction of sp³-hybridized carbons (Fsp3) is 0.400. The molecule has 0 aromatic carbocycles. The molecule has 1 rings (SSSR count). The Kier molecular flexibility index (Phi) is 2.96. The largest absolute Gasteiger partial charge is 0.392 e. The second-order valence-electron chi connectivity index (χ2n) is 3.07. The van der Waals surface area contributed by atoms with Gasteiger partial charge in [-0.25, -0.2) is 0 Å². The second-order valence-corrected chi connectivity index (χ2v) is 3.07. The fourth-order valence-corrected chi connectivity index (χ4v) is 1.22. The van der Waals surface area contributed by atoms with E-state index in [4.69, 9.17) is 0 Å². The van der Waals surface area contributed by atoms with E-state index in [2.05, 4.69) is 0 Å². The predicted molar refractivity (Wildman–Crippen MR) is 46.3 cm³/mol. The van der Waals surface area contributed by atoms with Gasteiger partial charge in [-0.15, -0.1) is 0 Å². The molecule has 0 spiro atoms. The minimum atomic E-state index is -4.09. The first-order valence-electron chi connectivity index (χ1n) is 4.07. The first-order valence-corrected chi connectivity index (χ1v) is 4.07. The van der Waals surface area contributed by atoms with Crippen LogP contribution in [-0.2, 0) is 0 Å². The zero-order valence-corrected chi connectivity index (χ0v) is 7.36. The van der Waals surface area contributed by atoms with Crippen LogP contribution in [0.3, 0.4) is 0 Å². The monoisotopic (exact) mass is 188 g/mol. The highest BCUT2D eigenvalue weighted by Gasteiger charge is 2.28. The summed E-state index contributed by atoms with van der Waals surface area (Å²) in [6, 6.07) is 0. The summed E-state index contributed by atoms with van der Waals surface area (Å²) in [6.07, 6.45) is 2.50. The van der Waals surface area contributed by atoms with Crippen LogP contribution in [0.5, 0.6) is 0 Å². The van der Waals surface area contributed by atoms with E-state index in [1.807, 2.05) is 0 Å². The van der Waals surface area contributed by atoms with Crippen molar-refractivity contribution in [1.29, 1.82) is 0 Å². The van der Waals surface area contributed by atoms with E-state index < -0.39 is 12.6 Å². The Morgan fingerprint density at radius 1 is 1.31 bits per heavy atom. The molecule has 0 heterocycles. The normalized spacial score (nSPS) is 17.8. The van der Waals surface area contributed by atoms with Gasteiger partial charge in [0.25, 0.3) is 0 Å². The van der Waals surface area contributed by atoms with Gasteiger partial charge >= 0.3 is 6.18 Å². The molecule has 13 heavy (non-hydrogen) atoms. The molecule has 0 atom stereocenters. The van der Waals surface area contributed by atoms with Crippen LogP contribution in [0.1, 0.15) is 19.8 Å². The van der Waals surface area contributed by atoms with E-state index in [0.717, 1.165) is 5.57 Å². The van der Waals surface area contributed by atoms with Crippen LogP contribution in [0.25, 0.3) is 0 Å². The lowest BCUT2D eigenvalue weighted by atomic mass is 10.0. The van der Waals surface area contributed by atoms with Crippen LogP contribution in [0.4, 0.5) is 13.2 Å². The third-order valence-electron chi connectivity index (χ3n) is 1.93. The van der Waals surface area contributed by atoms with Crippen LogP contribution < -0.4 is 0 Å². The van der Waals surface area contributed by atoms with Crippen LogP contribution in [-0.4, -0.2) is 6.18 Å². The molecular formula is C10H11F3. The Hall–Kier alpha value is -0.990. The SMILES string of the molecule is CC1=C(CC(F)(F)F)CC=CC=C1. The fourth-order valence-electron chi connectivity index (χ4n) is 1.22. The van der Waals surface area contributed by atoms with E-state index in [-0.39, 0.29) is 0 Å². The Morgan fingerprint density at radius 3 is 2.62 bits per heavy atom. The topological polar surface area (TPSA) is 0 Å². The van der Waals surface area contributed by atoms with Gasteiger partial charge in [0.15, 0.2) is 0 Å². The molecule has 0 bridgehead atoms. The molecule has 0 nitrogen and oxygen atoms in total. The van der Waals surface area contributed by atoms with E-state index >= 15 is 0 Å². The van der Waals surface area contributed by atoms with Gasteiger partial charge in [-0.2, -0.15) is 13.2 Å². The summed E-state index contributed by atoms with van der Waals surface area (Å²) in [5, 5.41) is 0. The van der Waals surface area contributed by atoms with Crippen LogP contribution in [0.2, 0.25) is 0 Å². The number of alkyl halides is 3. The van der Waals surface area contributed by atoms with Crippen molar-refractivity contribution in [2.45, 2.75) is 25.9 Å². The Morgan fingerprint density at radius 2 is 2.00 bits per heavy atom. The highest BCUT2D eigenvalue weighted by Crippen LogP contribution is 2.29. The number of allylic oxidation sites excluding steroid dienone is 6. The number of hydrogen-bond donors (Lipinski definition) is 0. The van der Waals surface area contributed by atoms with E-state index in [1.165, 1.54) is 0 Å². The molecule has 0 saturated carbocycles. The highest BCUT2D eigenvalue weighted by atomic mass is 19.4. The molecular weight excluding hydrogens is 177 g/mol. The first-order chi connectivity index (χ1) is 5.99. The van der Waals surface area contributed by atoms with Crippen LogP contribution in [0, 0.1) is 0 Å². The van der Waals surface area contributed by atoms with Gasteiger partial charge in [0.2, 0.25) is 0 Å². The first kappa shape index (κ1) is 10.1. The van der Waals surface area contributed by atoms with Crippen LogP contribution >= 0.6 is 0 Å². The maximum Gasteiger partial charge on any atom is 0.392 e. The third-order valence-corrected chi connectivity index (χ3v) is 1.93. The number of hydrogen-bond acceptors (Lipinski definition) is 0. The minimum absolute atomic E-state index is 0.401.